The van der Waals surface area contributed by atoms with E-state index >= 15 is 0 Å². The van der Waals surface area contributed by atoms with Gasteiger partial charge < -0.3 is 15.0 Å². The van der Waals surface area contributed by atoms with Gasteiger partial charge in [0.05, 0.1) is 5.97 Å². The summed E-state index contributed by atoms with van der Waals surface area (Å²) in [7, 11) is 0. The van der Waals surface area contributed by atoms with E-state index in [1.807, 2.05) is 20.8 Å². The molecule has 0 unspecified atom stereocenters. The first-order valence-corrected chi connectivity index (χ1v) is 4.79. The van der Waals surface area contributed by atoms with Gasteiger partial charge in [-0.3, -0.25) is 0 Å². The molecule has 16 heavy (non-hydrogen) atoms. The number of carbonyl (C=O) groups is 1. The second kappa shape index (κ2) is 5.64. The third kappa shape index (κ3) is 3.57. The zero-order valence-electron chi connectivity index (χ0n) is 10.4. The van der Waals surface area contributed by atoms with Gasteiger partial charge in [0.25, 0.3) is 0 Å². The molecule has 0 aliphatic rings. The van der Waals surface area contributed by atoms with Gasteiger partial charge in [-0.05, 0) is 35.6 Å². The van der Waals surface area contributed by atoms with Crippen molar-refractivity contribution >= 4 is 5.97 Å². The standard InChI is InChI=1S/C12H16O3.K/c1-7-5-10(13)9(12(2,3)4)6-8(7)11(14)15;/h5-6,13H,1-4H3,(H,14,15);/q;+1/p-1. The Balaban J connectivity index is 0.00000225. The first-order chi connectivity index (χ1) is 6.73. The second-order valence-electron chi connectivity index (χ2n) is 4.72. The van der Waals surface area contributed by atoms with E-state index in [9.17, 15) is 15.0 Å². The number of phenolic OH excluding ortho intramolecular Hbond substituents is 1. The van der Waals surface area contributed by atoms with Crippen molar-refractivity contribution in [1.29, 1.82) is 0 Å². The summed E-state index contributed by atoms with van der Waals surface area (Å²) in [5.74, 6) is -1.08. The second-order valence-corrected chi connectivity index (χ2v) is 4.72. The zero-order chi connectivity index (χ0) is 11.8. The van der Waals surface area contributed by atoms with E-state index in [1.54, 1.807) is 6.92 Å². The van der Waals surface area contributed by atoms with Crippen molar-refractivity contribution in [1.82, 2.24) is 0 Å². The summed E-state index contributed by atoms with van der Waals surface area (Å²) in [4.78, 5) is 10.8. The van der Waals surface area contributed by atoms with Crippen LogP contribution >= 0.6 is 0 Å². The van der Waals surface area contributed by atoms with Gasteiger partial charge in [0.2, 0.25) is 0 Å². The maximum atomic E-state index is 10.8. The van der Waals surface area contributed by atoms with Crippen LogP contribution in [0.4, 0.5) is 0 Å². The Hall–Kier alpha value is 0.126. The number of carboxylic acid groups (broad SMARTS) is 1. The molecule has 0 saturated heterocycles. The molecular formula is C12H15KO3. The minimum atomic E-state index is -1.21. The molecule has 0 fully saturated rings. The molecular weight excluding hydrogens is 231 g/mol. The first-order valence-electron chi connectivity index (χ1n) is 4.79. The van der Waals surface area contributed by atoms with Crippen LogP contribution in [0.3, 0.4) is 0 Å². The first kappa shape index (κ1) is 16.1. The van der Waals surface area contributed by atoms with Crippen molar-refractivity contribution in [2.45, 2.75) is 33.1 Å². The molecule has 0 bridgehead atoms. The van der Waals surface area contributed by atoms with Gasteiger partial charge in [-0.25, -0.2) is 0 Å². The molecule has 0 heterocycles. The molecule has 1 N–H and O–H groups in total. The average Bonchev–Trinajstić information content (AvgIpc) is 2.00. The molecule has 0 aromatic heterocycles. The van der Waals surface area contributed by atoms with Gasteiger partial charge in [0, 0.05) is 5.56 Å². The van der Waals surface area contributed by atoms with Crippen LogP contribution in [0.5, 0.6) is 5.75 Å². The Kier molecular flexibility index (Phi) is 5.69. The van der Waals surface area contributed by atoms with Crippen molar-refractivity contribution in [2.24, 2.45) is 0 Å². The number of benzene rings is 1. The molecule has 4 heteroatoms. The van der Waals surface area contributed by atoms with E-state index in [1.165, 1.54) is 12.1 Å². The van der Waals surface area contributed by atoms with E-state index in [2.05, 4.69) is 0 Å². The maximum absolute atomic E-state index is 10.8. The van der Waals surface area contributed by atoms with E-state index in [4.69, 9.17) is 0 Å². The van der Waals surface area contributed by atoms with E-state index in [-0.39, 0.29) is 68.1 Å². The summed E-state index contributed by atoms with van der Waals surface area (Å²) in [6.45, 7) is 7.38. The van der Waals surface area contributed by atoms with Gasteiger partial charge >= 0.3 is 51.4 Å². The number of carbonyl (C=O) groups excluding carboxylic acids is 1. The maximum Gasteiger partial charge on any atom is 1.00 e. The van der Waals surface area contributed by atoms with Gasteiger partial charge in [0.15, 0.2) is 0 Å². The average molecular weight is 246 g/mol. The zero-order valence-corrected chi connectivity index (χ0v) is 13.5. The number of phenols is 1. The van der Waals surface area contributed by atoms with Gasteiger partial charge in [-0.15, -0.1) is 0 Å². The van der Waals surface area contributed by atoms with E-state index in [0.717, 1.165) is 0 Å². The Labute approximate surface area is 138 Å². The van der Waals surface area contributed by atoms with Crippen LogP contribution in [-0.2, 0) is 5.41 Å². The SMILES string of the molecule is Cc1cc(O)c(C(C)(C)C)cc1C(=O)[O-].[K+]. The molecule has 1 rings (SSSR count). The predicted molar refractivity (Wildman–Crippen MR) is 55.9 cm³/mol. The monoisotopic (exact) mass is 246 g/mol. The summed E-state index contributed by atoms with van der Waals surface area (Å²) in [5.41, 5.74) is 0.979. The summed E-state index contributed by atoms with van der Waals surface area (Å²) < 4.78 is 0. The van der Waals surface area contributed by atoms with E-state index < -0.39 is 5.97 Å². The fourth-order valence-corrected chi connectivity index (χ4v) is 1.51. The van der Waals surface area contributed by atoms with Crippen LogP contribution in [0, 0.1) is 6.92 Å². The largest absolute Gasteiger partial charge is 1.00 e. The molecule has 0 aliphatic carbocycles. The van der Waals surface area contributed by atoms with Crippen LogP contribution in [0.1, 0.15) is 42.3 Å². The topological polar surface area (TPSA) is 60.4 Å². The van der Waals surface area contributed by atoms with Crippen molar-refractivity contribution in [3.63, 3.8) is 0 Å². The molecule has 1 aromatic rings. The molecule has 0 amide bonds. The Bertz CT molecular complexity index is 405. The number of aromatic hydroxyl groups is 1. The molecule has 0 radical (unpaired) electrons. The van der Waals surface area contributed by atoms with Crippen LogP contribution < -0.4 is 56.5 Å². The third-order valence-corrected chi connectivity index (χ3v) is 2.37. The molecule has 0 spiro atoms. The van der Waals surface area contributed by atoms with Crippen molar-refractivity contribution in [2.75, 3.05) is 0 Å². The van der Waals surface area contributed by atoms with Gasteiger partial charge in [-0.2, -0.15) is 0 Å². The number of hydrogen-bond donors (Lipinski definition) is 1. The smallest absolute Gasteiger partial charge is 0.545 e. The van der Waals surface area contributed by atoms with Crippen molar-refractivity contribution in [3.05, 3.63) is 28.8 Å². The van der Waals surface area contributed by atoms with Gasteiger partial charge in [0.1, 0.15) is 5.75 Å². The number of carboxylic acids is 1. The minimum absolute atomic E-state index is 0. The Morgan fingerprint density at radius 2 is 1.81 bits per heavy atom. The molecule has 0 saturated carbocycles. The summed E-state index contributed by atoms with van der Waals surface area (Å²) >= 11 is 0. The fourth-order valence-electron chi connectivity index (χ4n) is 1.51. The Morgan fingerprint density at radius 1 is 1.31 bits per heavy atom. The summed E-state index contributed by atoms with van der Waals surface area (Å²) in [5, 5.41) is 20.5. The van der Waals surface area contributed by atoms with Crippen LogP contribution in [0.2, 0.25) is 0 Å². The van der Waals surface area contributed by atoms with Crippen molar-refractivity contribution < 1.29 is 66.4 Å². The predicted octanol–water partition coefficient (Wildman–Crippen LogP) is -1.63. The number of rotatable bonds is 1. The van der Waals surface area contributed by atoms with Crippen LogP contribution in [0.15, 0.2) is 12.1 Å². The van der Waals surface area contributed by atoms with Crippen molar-refractivity contribution in [3.8, 4) is 5.75 Å². The van der Waals surface area contributed by atoms with E-state index in [0.29, 0.717) is 11.1 Å². The van der Waals surface area contributed by atoms with Gasteiger partial charge in [-0.1, -0.05) is 20.8 Å². The number of aryl methyl sites for hydroxylation is 1. The molecule has 1 aromatic carbocycles. The third-order valence-electron chi connectivity index (χ3n) is 2.37. The minimum Gasteiger partial charge on any atom is -0.545 e. The molecule has 0 aliphatic heterocycles. The Morgan fingerprint density at radius 3 is 2.19 bits per heavy atom. The molecule has 3 nitrogen and oxygen atoms in total. The molecule has 82 valence electrons. The summed E-state index contributed by atoms with van der Waals surface area (Å²) in [6.07, 6.45) is 0. The van der Waals surface area contributed by atoms with Crippen LogP contribution in [-0.4, -0.2) is 11.1 Å². The summed E-state index contributed by atoms with van der Waals surface area (Å²) in [6, 6.07) is 2.95. The molecule has 0 atom stereocenters. The van der Waals surface area contributed by atoms with Crippen LogP contribution in [0.25, 0.3) is 0 Å². The fraction of sp³-hybridized carbons (Fsp3) is 0.417. The quantitative estimate of drug-likeness (QED) is 0.605. The number of aromatic carboxylic acids is 1. The normalized spacial score (nSPS) is 10.8. The number of hydrogen-bond acceptors (Lipinski definition) is 3.